The third-order valence-corrected chi connectivity index (χ3v) is 2.43. The minimum absolute atomic E-state index is 0.132. The molecule has 2 heterocycles. The number of fused-ring (bicyclic) bond motifs is 1. The predicted molar refractivity (Wildman–Crippen MR) is 58.6 cm³/mol. The first-order chi connectivity index (χ1) is 8.25. The molecule has 84 valence electrons. The minimum Gasteiger partial charge on any atom is -0.476 e. The molecule has 0 amide bonds. The number of aromatic carboxylic acids is 1. The predicted octanol–water partition coefficient (Wildman–Crippen LogP) is 1.92. The van der Waals surface area contributed by atoms with Crippen LogP contribution in [0.25, 0.3) is 22.4 Å². The fourth-order valence-corrected chi connectivity index (χ4v) is 1.64. The van der Waals surface area contributed by atoms with E-state index in [2.05, 4.69) is 15.4 Å². The van der Waals surface area contributed by atoms with Gasteiger partial charge in [0.1, 0.15) is 5.69 Å². The number of carboxylic acids is 1. The lowest BCUT2D eigenvalue weighted by Gasteiger charge is -1.89. The lowest BCUT2D eigenvalue weighted by atomic mass is 10.2. The first kappa shape index (κ1) is 9.59. The Labute approximate surface area is 94.9 Å². The molecular weight excluding hydrogens is 222 g/mol. The maximum atomic E-state index is 10.7. The van der Waals surface area contributed by atoms with Gasteiger partial charge in [0.2, 0.25) is 0 Å². The smallest absolute Gasteiger partial charge is 0.358 e. The molecule has 2 N–H and O–H groups in total. The summed E-state index contributed by atoms with van der Waals surface area (Å²) in [5.74, 6) is -0.792. The van der Waals surface area contributed by atoms with E-state index in [-0.39, 0.29) is 5.69 Å². The molecule has 0 spiro atoms. The fourth-order valence-electron chi connectivity index (χ4n) is 1.64. The second kappa shape index (κ2) is 3.44. The van der Waals surface area contributed by atoms with E-state index in [0.717, 1.165) is 10.9 Å². The van der Waals surface area contributed by atoms with Gasteiger partial charge in [0.25, 0.3) is 0 Å². The van der Waals surface area contributed by atoms with Crippen molar-refractivity contribution in [3.05, 3.63) is 36.0 Å². The first-order valence-electron chi connectivity index (χ1n) is 4.89. The zero-order valence-corrected chi connectivity index (χ0v) is 8.54. The number of hydrogen-bond acceptors (Lipinski definition) is 4. The number of para-hydroxylation sites is 1. The SMILES string of the molecule is O=C(O)c1cc(-c2n[nH]c3ccccc23)on1. The van der Waals surface area contributed by atoms with Gasteiger partial charge in [-0.15, -0.1) is 0 Å². The van der Waals surface area contributed by atoms with Crippen molar-refractivity contribution in [1.82, 2.24) is 15.4 Å². The van der Waals surface area contributed by atoms with E-state index in [9.17, 15) is 4.79 Å². The Morgan fingerprint density at radius 3 is 2.94 bits per heavy atom. The molecule has 6 heteroatoms. The Balaban J connectivity index is 2.17. The lowest BCUT2D eigenvalue weighted by Crippen LogP contribution is -1.94. The summed E-state index contributed by atoms with van der Waals surface area (Å²) in [6.07, 6.45) is 0. The van der Waals surface area contributed by atoms with Crippen LogP contribution in [0.3, 0.4) is 0 Å². The molecule has 0 bridgehead atoms. The topological polar surface area (TPSA) is 92.0 Å². The van der Waals surface area contributed by atoms with Gasteiger partial charge in [-0.3, -0.25) is 5.10 Å². The van der Waals surface area contributed by atoms with Gasteiger partial charge in [-0.1, -0.05) is 23.4 Å². The van der Waals surface area contributed by atoms with Gasteiger partial charge in [0, 0.05) is 11.5 Å². The van der Waals surface area contributed by atoms with E-state index < -0.39 is 5.97 Å². The summed E-state index contributed by atoms with van der Waals surface area (Å²) in [6.45, 7) is 0. The van der Waals surface area contributed by atoms with Crippen LogP contribution in [0.15, 0.2) is 34.9 Å². The van der Waals surface area contributed by atoms with Crippen molar-refractivity contribution in [3.8, 4) is 11.5 Å². The second-order valence-corrected chi connectivity index (χ2v) is 3.50. The average Bonchev–Trinajstić information content (AvgIpc) is 2.95. The summed E-state index contributed by atoms with van der Waals surface area (Å²) >= 11 is 0. The highest BCUT2D eigenvalue weighted by Crippen LogP contribution is 2.26. The molecule has 0 aliphatic heterocycles. The molecule has 2 aromatic heterocycles. The average molecular weight is 229 g/mol. The summed E-state index contributed by atoms with van der Waals surface area (Å²) in [5, 5.41) is 20.0. The second-order valence-electron chi connectivity index (χ2n) is 3.50. The van der Waals surface area contributed by atoms with Crippen molar-refractivity contribution in [1.29, 1.82) is 0 Å². The van der Waals surface area contributed by atoms with Gasteiger partial charge in [-0.2, -0.15) is 5.10 Å². The molecular formula is C11H7N3O3. The van der Waals surface area contributed by atoms with Crippen molar-refractivity contribution in [2.24, 2.45) is 0 Å². The molecule has 1 aromatic carbocycles. The van der Waals surface area contributed by atoms with Crippen molar-refractivity contribution in [2.75, 3.05) is 0 Å². The molecule has 0 unspecified atom stereocenters. The number of nitrogens with one attached hydrogen (secondary N) is 1. The van der Waals surface area contributed by atoms with Gasteiger partial charge < -0.3 is 9.63 Å². The number of aromatic amines is 1. The highest BCUT2D eigenvalue weighted by molar-refractivity contribution is 5.93. The molecule has 0 aliphatic carbocycles. The van der Waals surface area contributed by atoms with Gasteiger partial charge in [0.15, 0.2) is 11.5 Å². The number of carbonyl (C=O) groups is 1. The number of hydrogen-bond donors (Lipinski definition) is 2. The van der Waals surface area contributed by atoms with Crippen molar-refractivity contribution < 1.29 is 14.4 Å². The van der Waals surface area contributed by atoms with E-state index in [1.165, 1.54) is 6.07 Å². The van der Waals surface area contributed by atoms with E-state index in [1.54, 1.807) is 0 Å². The minimum atomic E-state index is -1.13. The van der Waals surface area contributed by atoms with Crippen molar-refractivity contribution in [2.45, 2.75) is 0 Å². The number of carboxylic acid groups (broad SMARTS) is 1. The molecule has 0 atom stereocenters. The number of aromatic nitrogens is 3. The molecule has 0 saturated carbocycles. The molecule has 17 heavy (non-hydrogen) atoms. The highest BCUT2D eigenvalue weighted by atomic mass is 16.5. The van der Waals surface area contributed by atoms with Crippen LogP contribution < -0.4 is 0 Å². The molecule has 3 rings (SSSR count). The van der Waals surface area contributed by atoms with Crippen LogP contribution in [0, 0.1) is 0 Å². The highest BCUT2D eigenvalue weighted by Gasteiger charge is 2.16. The van der Waals surface area contributed by atoms with Gasteiger partial charge in [0.05, 0.1) is 5.52 Å². The molecule has 0 radical (unpaired) electrons. The fraction of sp³-hybridized carbons (Fsp3) is 0. The Hall–Kier alpha value is -2.63. The Morgan fingerprint density at radius 1 is 1.35 bits per heavy atom. The molecule has 0 saturated heterocycles. The van der Waals surface area contributed by atoms with Crippen LogP contribution in [0.1, 0.15) is 10.5 Å². The zero-order valence-electron chi connectivity index (χ0n) is 8.54. The summed E-state index contributed by atoms with van der Waals surface area (Å²) in [4.78, 5) is 10.7. The maximum absolute atomic E-state index is 10.7. The molecule has 3 aromatic rings. The van der Waals surface area contributed by atoms with Crippen LogP contribution >= 0.6 is 0 Å². The number of rotatable bonds is 2. The Bertz CT molecular complexity index is 699. The van der Waals surface area contributed by atoms with Crippen LogP contribution in [0.5, 0.6) is 0 Å². The standard InChI is InChI=1S/C11H7N3O3/c15-11(16)8-5-9(17-14-8)10-6-3-1-2-4-7(6)12-13-10/h1-5H,(H,12,13)(H,15,16). The van der Waals surface area contributed by atoms with Crippen LogP contribution in [0.2, 0.25) is 0 Å². The van der Waals surface area contributed by atoms with Crippen LogP contribution in [0.4, 0.5) is 0 Å². The van der Waals surface area contributed by atoms with Gasteiger partial charge in [-0.25, -0.2) is 4.79 Å². The number of benzene rings is 1. The molecule has 6 nitrogen and oxygen atoms in total. The van der Waals surface area contributed by atoms with E-state index in [4.69, 9.17) is 9.63 Å². The van der Waals surface area contributed by atoms with Crippen molar-refractivity contribution in [3.63, 3.8) is 0 Å². The maximum Gasteiger partial charge on any atom is 0.358 e. The van der Waals surface area contributed by atoms with Crippen molar-refractivity contribution >= 4 is 16.9 Å². The molecule has 0 aliphatic rings. The summed E-state index contributed by atoms with van der Waals surface area (Å²) in [6, 6.07) is 8.85. The lowest BCUT2D eigenvalue weighted by molar-refractivity contribution is 0.0686. The van der Waals surface area contributed by atoms with Gasteiger partial charge >= 0.3 is 5.97 Å². The first-order valence-corrected chi connectivity index (χ1v) is 4.89. The summed E-state index contributed by atoms with van der Waals surface area (Å²) < 4.78 is 4.97. The number of nitrogens with zero attached hydrogens (tertiary/aromatic N) is 2. The Kier molecular flexibility index (Phi) is 1.94. The van der Waals surface area contributed by atoms with E-state index in [0.29, 0.717) is 11.5 Å². The summed E-state index contributed by atoms with van der Waals surface area (Å²) in [5.41, 5.74) is 1.28. The monoisotopic (exact) mass is 229 g/mol. The van der Waals surface area contributed by atoms with Crippen LogP contribution in [-0.4, -0.2) is 26.4 Å². The molecule has 0 fully saturated rings. The van der Waals surface area contributed by atoms with Gasteiger partial charge in [-0.05, 0) is 6.07 Å². The number of H-pyrrole nitrogens is 1. The Morgan fingerprint density at radius 2 is 2.18 bits per heavy atom. The zero-order chi connectivity index (χ0) is 11.8. The third-order valence-electron chi connectivity index (χ3n) is 2.43. The largest absolute Gasteiger partial charge is 0.476 e. The quantitative estimate of drug-likeness (QED) is 0.700. The van der Waals surface area contributed by atoms with E-state index >= 15 is 0 Å². The third kappa shape index (κ3) is 1.46. The summed E-state index contributed by atoms with van der Waals surface area (Å²) in [7, 11) is 0. The van der Waals surface area contributed by atoms with Crippen LogP contribution in [-0.2, 0) is 0 Å². The normalized spacial score (nSPS) is 10.8. The van der Waals surface area contributed by atoms with E-state index in [1.807, 2.05) is 24.3 Å².